The van der Waals surface area contributed by atoms with Crippen LogP contribution in [-0.2, 0) is 0 Å². The summed E-state index contributed by atoms with van der Waals surface area (Å²) >= 11 is 2.17. The molecule has 1 aromatic heterocycles. The van der Waals surface area contributed by atoms with Gasteiger partial charge in [-0.15, -0.1) is 0 Å². The van der Waals surface area contributed by atoms with E-state index in [1.807, 2.05) is 18.2 Å². The van der Waals surface area contributed by atoms with Crippen molar-refractivity contribution in [2.75, 3.05) is 12.4 Å². The second kappa shape index (κ2) is 5.81. The smallest absolute Gasteiger partial charge is 0.255 e. The molecule has 0 aliphatic carbocycles. The number of rotatable bonds is 3. The fraction of sp³-hybridized carbons (Fsp3) is 0.0769. The van der Waals surface area contributed by atoms with Gasteiger partial charge in [0.05, 0.1) is 7.11 Å². The number of hydrogen-bond acceptors (Lipinski definition) is 3. The summed E-state index contributed by atoms with van der Waals surface area (Å²) in [4.78, 5) is 16.1. The molecule has 0 atom stereocenters. The number of carbonyl (C=O) groups is 1. The maximum atomic E-state index is 12.0. The Morgan fingerprint density at radius 1 is 1.33 bits per heavy atom. The van der Waals surface area contributed by atoms with E-state index in [-0.39, 0.29) is 5.91 Å². The zero-order valence-electron chi connectivity index (χ0n) is 9.68. The fourth-order valence-corrected chi connectivity index (χ4v) is 2.02. The van der Waals surface area contributed by atoms with Crippen LogP contribution >= 0.6 is 22.6 Å². The standard InChI is InChI=1S/C13H11IN2O2/c1-18-13-11(6-3-7-15-13)16-12(17)9-4-2-5-10(14)8-9/h2-8H,1H3,(H,16,17). The van der Waals surface area contributed by atoms with E-state index in [0.29, 0.717) is 17.1 Å². The molecule has 2 aromatic rings. The zero-order valence-corrected chi connectivity index (χ0v) is 11.8. The van der Waals surface area contributed by atoms with Crippen molar-refractivity contribution in [2.24, 2.45) is 0 Å². The number of anilines is 1. The van der Waals surface area contributed by atoms with Crippen molar-refractivity contribution in [2.45, 2.75) is 0 Å². The lowest BCUT2D eigenvalue weighted by Crippen LogP contribution is -2.13. The van der Waals surface area contributed by atoms with E-state index in [4.69, 9.17) is 4.74 Å². The molecule has 0 saturated carbocycles. The zero-order chi connectivity index (χ0) is 13.0. The molecule has 0 radical (unpaired) electrons. The molecule has 0 unspecified atom stereocenters. The number of methoxy groups -OCH3 is 1. The molecule has 0 saturated heterocycles. The highest BCUT2D eigenvalue weighted by Crippen LogP contribution is 2.20. The van der Waals surface area contributed by atoms with Crippen LogP contribution in [-0.4, -0.2) is 18.0 Å². The molecule has 4 nitrogen and oxygen atoms in total. The minimum Gasteiger partial charge on any atom is -0.480 e. The van der Waals surface area contributed by atoms with Crippen LogP contribution in [0.25, 0.3) is 0 Å². The molecular weight excluding hydrogens is 343 g/mol. The molecule has 0 aliphatic rings. The van der Waals surface area contributed by atoms with Crippen LogP contribution in [0.5, 0.6) is 5.88 Å². The molecule has 0 aliphatic heterocycles. The lowest BCUT2D eigenvalue weighted by molar-refractivity contribution is 0.102. The summed E-state index contributed by atoms with van der Waals surface area (Å²) < 4.78 is 6.09. The van der Waals surface area contributed by atoms with E-state index in [1.165, 1.54) is 7.11 Å². The van der Waals surface area contributed by atoms with Gasteiger partial charge in [0, 0.05) is 15.3 Å². The van der Waals surface area contributed by atoms with E-state index in [0.717, 1.165) is 3.57 Å². The lowest BCUT2D eigenvalue weighted by atomic mass is 10.2. The van der Waals surface area contributed by atoms with Crippen LogP contribution < -0.4 is 10.1 Å². The summed E-state index contributed by atoms with van der Waals surface area (Å²) in [5.41, 5.74) is 1.16. The molecule has 0 fully saturated rings. The van der Waals surface area contributed by atoms with E-state index in [2.05, 4.69) is 32.9 Å². The Bertz CT molecular complexity index is 572. The number of carbonyl (C=O) groups excluding carboxylic acids is 1. The normalized spacial score (nSPS) is 9.89. The van der Waals surface area contributed by atoms with Crippen LogP contribution in [0.4, 0.5) is 5.69 Å². The molecule has 5 heteroatoms. The highest BCUT2D eigenvalue weighted by atomic mass is 127. The van der Waals surface area contributed by atoms with Gasteiger partial charge in [-0.3, -0.25) is 4.79 Å². The van der Waals surface area contributed by atoms with Gasteiger partial charge in [-0.05, 0) is 52.9 Å². The van der Waals surface area contributed by atoms with Crippen molar-refractivity contribution >= 4 is 34.2 Å². The number of nitrogens with one attached hydrogen (secondary N) is 1. The third kappa shape index (κ3) is 2.98. The number of hydrogen-bond donors (Lipinski definition) is 1. The summed E-state index contributed by atoms with van der Waals surface area (Å²) in [6.45, 7) is 0. The van der Waals surface area contributed by atoms with Gasteiger partial charge in [-0.2, -0.15) is 0 Å². The molecular formula is C13H11IN2O2. The van der Waals surface area contributed by atoms with Crippen molar-refractivity contribution in [3.05, 3.63) is 51.7 Å². The summed E-state index contributed by atoms with van der Waals surface area (Å²) in [6, 6.07) is 10.8. The number of benzene rings is 1. The third-order valence-electron chi connectivity index (χ3n) is 2.30. The first-order valence-electron chi connectivity index (χ1n) is 5.26. The minimum absolute atomic E-state index is 0.181. The summed E-state index contributed by atoms with van der Waals surface area (Å²) in [5.74, 6) is 0.219. The van der Waals surface area contributed by atoms with Crippen molar-refractivity contribution in [1.82, 2.24) is 4.98 Å². The largest absolute Gasteiger partial charge is 0.480 e. The third-order valence-corrected chi connectivity index (χ3v) is 2.97. The number of nitrogens with zero attached hydrogens (tertiary/aromatic N) is 1. The number of aromatic nitrogens is 1. The summed E-state index contributed by atoms with van der Waals surface area (Å²) in [5, 5.41) is 2.78. The molecule has 0 spiro atoms. The average Bonchev–Trinajstić information content (AvgIpc) is 2.39. The van der Waals surface area contributed by atoms with Gasteiger partial charge in [-0.1, -0.05) is 6.07 Å². The van der Waals surface area contributed by atoms with E-state index in [1.54, 1.807) is 24.4 Å². The van der Waals surface area contributed by atoms with Crippen LogP contribution in [0.3, 0.4) is 0 Å². The van der Waals surface area contributed by atoms with E-state index >= 15 is 0 Å². The SMILES string of the molecule is COc1ncccc1NC(=O)c1cccc(I)c1. The monoisotopic (exact) mass is 354 g/mol. The molecule has 0 bridgehead atoms. The van der Waals surface area contributed by atoms with Gasteiger partial charge in [0.2, 0.25) is 5.88 Å². The molecule has 2 rings (SSSR count). The summed E-state index contributed by atoms with van der Waals surface area (Å²) in [7, 11) is 1.52. The highest BCUT2D eigenvalue weighted by Gasteiger charge is 2.10. The predicted molar refractivity (Wildman–Crippen MR) is 77.9 cm³/mol. The predicted octanol–water partition coefficient (Wildman–Crippen LogP) is 2.95. The Balaban J connectivity index is 2.21. The minimum atomic E-state index is -0.181. The van der Waals surface area contributed by atoms with Gasteiger partial charge in [0.1, 0.15) is 5.69 Å². The van der Waals surface area contributed by atoms with Gasteiger partial charge >= 0.3 is 0 Å². The van der Waals surface area contributed by atoms with Crippen LogP contribution in [0, 0.1) is 3.57 Å². The maximum absolute atomic E-state index is 12.0. The van der Waals surface area contributed by atoms with E-state index < -0.39 is 0 Å². The average molecular weight is 354 g/mol. The highest BCUT2D eigenvalue weighted by molar-refractivity contribution is 14.1. The number of halogens is 1. The lowest BCUT2D eigenvalue weighted by Gasteiger charge is -2.08. The van der Waals surface area contributed by atoms with Crippen LogP contribution in [0.15, 0.2) is 42.6 Å². The van der Waals surface area contributed by atoms with Crippen molar-refractivity contribution in [3.63, 3.8) is 0 Å². The molecule has 18 heavy (non-hydrogen) atoms. The van der Waals surface area contributed by atoms with Gasteiger partial charge < -0.3 is 10.1 Å². The van der Waals surface area contributed by atoms with Crippen molar-refractivity contribution < 1.29 is 9.53 Å². The van der Waals surface area contributed by atoms with Gasteiger partial charge in [-0.25, -0.2) is 4.98 Å². The Morgan fingerprint density at radius 2 is 2.17 bits per heavy atom. The Labute approximate surface area is 119 Å². The Morgan fingerprint density at radius 3 is 2.89 bits per heavy atom. The first kappa shape index (κ1) is 12.8. The quantitative estimate of drug-likeness (QED) is 0.863. The van der Waals surface area contributed by atoms with Gasteiger partial charge in [0.25, 0.3) is 5.91 Å². The number of ether oxygens (including phenoxy) is 1. The topological polar surface area (TPSA) is 51.2 Å². The second-order valence-corrected chi connectivity index (χ2v) is 4.77. The van der Waals surface area contributed by atoms with Crippen molar-refractivity contribution in [3.8, 4) is 5.88 Å². The molecule has 1 aromatic carbocycles. The van der Waals surface area contributed by atoms with Crippen LogP contribution in [0.2, 0.25) is 0 Å². The Hall–Kier alpha value is -1.63. The fourth-order valence-electron chi connectivity index (χ4n) is 1.47. The molecule has 1 heterocycles. The van der Waals surface area contributed by atoms with Crippen molar-refractivity contribution in [1.29, 1.82) is 0 Å². The number of pyridine rings is 1. The molecule has 1 N–H and O–H groups in total. The number of amides is 1. The maximum Gasteiger partial charge on any atom is 0.255 e. The van der Waals surface area contributed by atoms with Crippen LogP contribution in [0.1, 0.15) is 10.4 Å². The van der Waals surface area contributed by atoms with E-state index in [9.17, 15) is 4.79 Å². The molecule has 1 amide bonds. The Kier molecular flexibility index (Phi) is 4.14. The van der Waals surface area contributed by atoms with Gasteiger partial charge in [0.15, 0.2) is 0 Å². The summed E-state index contributed by atoms with van der Waals surface area (Å²) in [6.07, 6.45) is 1.61. The molecule has 92 valence electrons. The first-order chi connectivity index (χ1) is 8.70. The second-order valence-electron chi connectivity index (χ2n) is 3.52. The first-order valence-corrected chi connectivity index (χ1v) is 6.34.